The second-order valence-electron chi connectivity index (χ2n) is 4.40. The summed E-state index contributed by atoms with van der Waals surface area (Å²) in [6.07, 6.45) is 2.37. The molecular weight excluding hydrogens is 256 g/mol. The number of carbonyl (C=O) groups excluding carboxylic acids is 1. The first kappa shape index (κ1) is 12.2. The summed E-state index contributed by atoms with van der Waals surface area (Å²) in [6.45, 7) is 1.33. The van der Waals surface area contributed by atoms with Crippen molar-refractivity contribution in [3.05, 3.63) is 41.6 Å². The van der Waals surface area contributed by atoms with E-state index in [1.165, 1.54) is 6.20 Å². The average Bonchev–Trinajstić information content (AvgIpc) is 2.92. The van der Waals surface area contributed by atoms with E-state index < -0.39 is 0 Å². The Kier molecular flexibility index (Phi) is 3.09. The Labute approximate surface area is 115 Å². The molecule has 1 N–H and O–H groups in total. The zero-order valence-corrected chi connectivity index (χ0v) is 10.7. The standard InChI is InChI=1S/C14H12N4O2/c15-8-10-4-1-2-5-12(10)17-13(19)11-9-16-18-6-3-7-20-14(11)18/h1-2,4-5,9H,3,6-7H2,(H,17,19). The number of hydrogen-bond donors (Lipinski definition) is 1. The maximum Gasteiger partial charge on any atom is 0.262 e. The van der Waals surface area contributed by atoms with Gasteiger partial charge in [0, 0.05) is 13.0 Å². The molecule has 1 amide bonds. The summed E-state index contributed by atoms with van der Waals surface area (Å²) >= 11 is 0. The Morgan fingerprint density at radius 3 is 3.15 bits per heavy atom. The van der Waals surface area contributed by atoms with Crippen LogP contribution in [0.15, 0.2) is 30.5 Å². The van der Waals surface area contributed by atoms with Crippen LogP contribution < -0.4 is 10.1 Å². The topological polar surface area (TPSA) is 79.9 Å². The first-order valence-corrected chi connectivity index (χ1v) is 6.28. The molecule has 0 bridgehead atoms. The lowest BCUT2D eigenvalue weighted by atomic mass is 10.2. The van der Waals surface area contributed by atoms with Crippen LogP contribution in [0.1, 0.15) is 22.3 Å². The third-order valence-electron chi connectivity index (χ3n) is 3.08. The maximum absolute atomic E-state index is 12.3. The number of carbonyl (C=O) groups is 1. The smallest absolute Gasteiger partial charge is 0.262 e. The molecule has 1 aromatic heterocycles. The van der Waals surface area contributed by atoms with Crippen LogP contribution in [0, 0.1) is 11.3 Å². The van der Waals surface area contributed by atoms with E-state index in [1.807, 2.05) is 6.07 Å². The number of anilines is 1. The van der Waals surface area contributed by atoms with Gasteiger partial charge in [0.1, 0.15) is 11.6 Å². The molecule has 0 unspecified atom stereocenters. The number of amides is 1. The van der Waals surface area contributed by atoms with Crippen molar-refractivity contribution >= 4 is 11.6 Å². The van der Waals surface area contributed by atoms with Gasteiger partial charge in [0.25, 0.3) is 5.91 Å². The molecule has 0 spiro atoms. The number of aryl methyl sites for hydroxylation is 1. The molecule has 0 atom stereocenters. The van der Waals surface area contributed by atoms with Crippen LogP contribution in [-0.4, -0.2) is 22.3 Å². The van der Waals surface area contributed by atoms with Gasteiger partial charge in [-0.05, 0) is 12.1 Å². The summed E-state index contributed by atoms with van der Waals surface area (Å²) in [5.41, 5.74) is 1.29. The lowest BCUT2D eigenvalue weighted by Gasteiger charge is -2.16. The zero-order valence-electron chi connectivity index (χ0n) is 10.7. The number of hydrogen-bond acceptors (Lipinski definition) is 4. The van der Waals surface area contributed by atoms with Gasteiger partial charge < -0.3 is 10.1 Å². The Morgan fingerprint density at radius 2 is 2.30 bits per heavy atom. The molecule has 0 radical (unpaired) electrons. The van der Waals surface area contributed by atoms with E-state index in [2.05, 4.69) is 10.4 Å². The van der Waals surface area contributed by atoms with Gasteiger partial charge in [-0.25, -0.2) is 4.68 Å². The normalized spacial score (nSPS) is 12.9. The Morgan fingerprint density at radius 1 is 1.45 bits per heavy atom. The van der Waals surface area contributed by atoms with Crippen molar-refractivity contribution < 1.29 is 9.53 Å². The van der Waals surface area contributed by atoms with Gasteiger partial charge in [0.2, 0.25) is 5.88 Å². The van der Waals surface area contributed by atoms with Crippen LogP contribution in [0.4, 0.5) is 5.69 Å². The van der Waals surface area contributed by atoms with E-state index in [9.17, 15) is 4.79 Å². The number of rotatable bonds is 2. The van der Waals surface area contributed by atoms with E-state index >= 15 is 0 Å². The molecule has 0 aliphatic carbocycles. The Hall–Kier alpha value is -2.81. The summed E-state index contributed by atoms with van der Waals surface area (Å²) < 4.78 is 7.16. The Bertz CT molecular complexity index is 699. The number of aromatic nitrogens is 2. The van der Waals surface area contributed by atoms with Gasteiger partial charge in [0.05, 0.1) is 24.1 Å². The van der Waals surface area contributed by atoms with Crippen molar-refractivity contribution in [3.8, 4) is 11.9 Å². The van der Waals surface area contributed by atoms with Gasteiger partial charge in [-0.15, -0.1) is 0 Å². The Balaban J connectivity index is 1.87. The number of nitrogens with one attached hydrogen (secondary N) is 1. The first-order valence-electron chi connectivity index (χ1n) is 6.28. The van der Waals surface area contributed by atoms with Gasteiger partial charge in [-0.1, -0.05) is 12.1 Å². The second-order valence-corrected chi connectivity index (χ2v) is 4.40. The highest BCUT2D eigenvalue weighted by Crippen LogP contribution is 2.24. The van der Waals surface area contributed by atoms with Crippen LogP contribution in [0.5, 0.6) is 5.88 Å². The average molecular weight is 268 g/mol. The van der Waals surface area contributed by atoms with Gasteiger partial charge in [0.15, 0.2) is 0 Å². The third-order valence-corrected chi connectivity index (χ3v) is 3.08. The van der Waals surface area contributed by atoms with Crippen molar-refractivity contribution in [1.29, 1.82) is 5.26 Å². The third kappa shape index (κ3) is 2.10. The molecule has 2 aromatic rings. The summed E-state index contributed by atoms with van der Waals surface area (Å²) in [5.74, 6) is 0.166. The molecule has 2 heterocycles. The minimum Gasteiger partial charge on any atom is -0.477 e. The largest absolute Gasteiger partial charge is 0.477 e. The fourth-order valence-electron chi connectivity index (χ4n) is 2.10. The molecule has 0 saturated carbocycles. The molecule has 6 heteroatoms. The van der Waals surface area contributed by atoms with Crippen LogP contribution in [-0.2, 0) is 6.54 Å². The zero-order chi connectivity index (χ0) is 13.9. The fraction of sp³-hybridized carbons (Fsp3) is 0.214. The summed E-state index contributed by atoms with van der Waals surface area (Å²) in [7, 11) is 0. The van der Waals surface area contributed by atoms with E-state index in [-0.39, 0.29) is 5.91 Å². The number of benzene rings is 1. The molecule has 6 nitrogen and oxygen atoms in total. The summed E-state index contributed by atoms with van der Waals surface area (Å²) in [4.78, 5) is 12.3. The van der Waals surface area contributed by atoms with E-state index in [0.29, 0.717) is 29.3 Å². The number of nitrogens with zero attached hydrogens (tertiary/aromatic N) is 3. The molecule has 1 aliphatic rings. The lowest BCUT2D eigenvalue weighted by molar-refractivity contribution is 0.102. The van der Waals surface area contributed by atoms with E-state index in [0.717, 1.165) is 13.0 Å². The van der Waals surface area contributed by atoms with Crippen LogP contribution in [0.25, 0.3) is 0 Å². The SMILES string of the molecule is N#Cc1ccccc1NC(=O)c1cnn2c1OCCC2. The minimum absolute atomic E-state index is 0.323. The molecule has 1 aliphatic heterocycles. The van der Waals surface area contributed by atoms with Crippen molar-refractivity contribution in [2.75, 3.05) is 11.9 Å². The van der Waals surface area contributed by atoms with E-state index in [1.54, 1.807) is 28.9 Å². The summed E-state index contributed by atoms with van der Waals surface area (Å²) in [5, 5.41) is 15.9. The summed E-state index contributed by atoms with van der Waals surface area (Å²) in [6, 6.07) is 8.90. The molecule has 100 valence electrons. The molecule has 20 heavy (non-hydrogen) atoms. The number of ether oxygens (including phenoxy) is 1. The number of para-hydroxylation sites is 1. The molecule has 1 aromatic carbocycles. The van der Waals surface area contributed by atoms with Crippen molar-refractivity contribution in [3.63, 3.8) is 0 Å². The van der Waals surface area contributed by atoms with E-state index in [4.69, 9.17) is 10.00 Å². The van der Waals surface area contributed by atoms with Gasteiger partial charge >= 0.3 is 0 Å². The van der Waals surface area contributed by atoms with Crippen LogP contribution in [0.2, 0.25) is 0 Å². The molecule has 3 rings (SSSR count). The van der Waals surface area contributed by atoms with Crippen molar-refractivity contribution in [2.45, 2.75) is 13.0 Å². The van der Waals surface area contributed by atoms with Crippen molar-refractivity contribution in [1.82, 2.24) is 9.78 Å². The quantitative estimate of drug-likeness (QED) is 0.900. The predicted octanol–water partition coefficient (Wildman–Crippen LogP) is 1.79. The van der Waals surface area contributed by atoms with Gasteiger partial charge in [-0.3, -0.25) is 4.79 Å². The van der Waals surface area contributed by atoms with Gasteiger partial charge in [-0.2, -0.15) is 10.4 Å². The second kappa shape index (κ2) is 5.05. The fourth-order valence-corrected chi connectivity index (χ4v) is 2.10. The highest BCUT2D eigenvalue weighted by molar-refractivity contribution is 6.06. The number of nitriles is 1. The maximum atomic E-state index is 12.3. The highest BCUT2D eigenvalue weighted by Gasteiger charge is 2.22. The number of fused-ring (bicyclic) bond motifs is 1. The molecule has 0 saturated heterocycles. The van der Waals surface area contributed by atoms with Crippen LogP contribution in [0.3, 0.4) is 0 Å². The molecular formula is C14H12N4O2. The highest BCUT2D eigenvalue weighted by atomic mass is 16.5. The molecule has 0 fully saturated rings. The monoisotopic (exact) mass is 268 g/mol. The van der Waals surface area contributed by atoms with Crippen LogP contribution >= 0.6 is 0 Å². The predicted molar refractivity (Wildman–Crippen MR) is 71.4 cm³/mol. The van der Waals surface area contributed by atoms with Crippen molar-refractivity contribution in [2.24, 2.45) is 0 Å². The lowest BCUT2D eigenvalue weighted by Crippen LogP contribution is -2.18. The minimum atomic E-state index is -0.323. The first-order chi connectivity index (χ1) is 9.79.